The minimum absolute atomic E-state index is 0.546. The Morgan fingerprint density at radius 1 is 1.05 bits per heavy atom. The highest BCUT2D eigenvalue weighted by Crippen LogP contribution is 2.13. The third-order valence-electron chi connectivity index (χ3n) is 3.45. The molecule has 3 nitrogen and oxygen atoms in total. The van der Waals surface area contributed by atoms with Crippen molar-refractivity contribution in [2.45, 2.75) is 20.0 Å². The van der Waals surface area contributed by atoms with Crippen molar-refractivity contribution in [1.82, 2.24) is 4.90 Å². The van der Waals surface area contributed by atoms with E-state index in [1.54, 1.807) is 0 Å². The van der Waals surface area contributed by atoms with Crippen molar-refractivity contribution < 1.29 is 4.74 Å². The maximum absolute atomic E-state index is 5.78. The van der Waals surface area contributed by atoms with Crippen molar-refractivity contribution in [2.24, 2.45) is 5.73 Å². The van der Waals surface area contributed by atoms with E-state index >= 15 is 0 Å². The maximum atomic E-state index is 5.78. The van der Waals surface area contributed by atoms with Gasteiger partial charge in [-0.05, 0) is 37.2 Å². The minimum atomic E-state index is 0.546. The summed E-state index contributed by atoms with van der Waals surface area (Å²) >= 11 is 0. The molecular weight excluding hydrogens is 260 g/mol. The lowest BCUT2D eigenvalue weighted by atomic mass is 10.1. The van der Waals surface area contributed by atoms with Gasteiger partial charge in [-0.1, -0.05) is 42.0 Å². The number of aryl methyl sites for hydroxylation is 1. The molecule has 0 aliphatic rings. The van der Waals surface area contributed by atoms with Gasteiger partial charge in [0.05, 0.1) is 0 Å². The molecule has 0 unspecified atom stereocenters. The SMILES string of the molecule is Cc1ccc(CN(C)CCOc2cccc(CN)c2)cc1. The molecule has 2 N–H and O–H groups in total. The Labute approximate surface area is 127 Å². The monoisotopic (exact) mass is 284 g/mol. The van der Waals surface area contributed by atoms with Crippen LogP contribution in [0.25, 0.3) is 0 Å². The van der Waals surface area contributed by atoms with E-state index in [0.717, 1.165) is 24.4 Å². The van der Waals surface area contributed by atoms with E-state index in [4.69, 9.17) is 10.5 Å². The second kappa shape index (κ2) is 7.81. The van der Waals surface area contributed by atoms with Gasteiger partial charge in [-0.25, -0.2) is 0 Å². The normalized spacial score (nSPS) is 10.9. The zero-order chi connectivity index (χ0) is 15.1. The van der Waals surface area contributed by atoms with E-state index in [-0.39, 0.29) is 0 Å². The molecule has 112 valence electrons. The lowest BCUT2D eigenvalue weighted by molar-refractivity contribution is 0.233. The molecule has 2 rings (SSSR count). The summed E-state index contributed by atoms with van der Waals surface area (Å²) in [5, 5.41) is 0. The van der Waals surface area contributed by atoms with E-state index in [1.807, 2.05) is 24.3 Å². The van der Waals surface area contributed by atoms with Crippen molar-refractivity contribution in [3.05, 3.63) is 65.2 Å². The quantitative estimate of drug-likeness (QED) is 0.849. The van der Waals surface area contributed by atoms with Crippen molar-refractivity contribution in [1.29, 1.82) is 0 Å². The first kappa shape index (κ1) is 15.5. The molecule has 0 bridgehead atoms. The molecule has 0 aliphatic carbocycles. The Morgan fingerprint density at radius 2 is 1.81 bits per heavy atom. The molecule has 0 aliphatic heterocycles. The molecule has 2 aromatic rings. The van der Waals surface area contributed by atoms with Crippen LogP contribution in [0.2, 0.25) is 0 Å². The van der Waals surface area contributed by atoms with Gasteiger partial charge in [-0.15, -0.1) is 0 Å². The fraction of sp³-hybridized carbons (Fsp3) is 0.333. The smallest absolute Gasteiger partial charge is 0.119 e. The number of nitrogens with two attached hydrogens (primary N) is 1. The molecular formula is C18H24N2O. The van der Waals surface area contributed by atoms with Gasteiger partial charge in [0.2, 0.25) is 0 Å². The molecule has 0 heterocycles. The van der Waals surface area contributed by atoms with Gasteiger partial charge in [0, 0.05) is 19.6 Å². The van der Waals surface area contributed by atoms with Crippen LogP contribution in [0.5, 0.6) is 5.75 Å². The molecule has 2 aromatic carbocycles. The van der Waals surface area contributed by atoms with Gasteiger partial charge in [0.15, 0.2) is 0 Å². The minimum Gasteiger partial charge on any atom is -0.492 e. The highest BCUT2D eigenvalue weighted by Gasteiger charge is 2.01. The average Bonchev–Trinajstić information content (AvgIpc) is 2.50. The van der Waals surface area contributed by atoms with Crippen LogP contribution in [0.15, 0.2) is 48.5 Å². The van der Waals surface area contributed by atoms with Crippen LogP contribution in [0.3, 0.4) is 0 Å². The maximum Gasteiger partial charge on any atom is 0.119 e. The number of nitrogens with zero attached hydrogens (tertiary/aromatic N) is 1. The predicted octanol–water partition coefficient (Wildman–Crippen LogP) is 2.96. The number of hydrogen-bond donors (Lipinski definition) is 1. The van der Waals surface area contributed by atoms with Gasteiger partial charge in [0.25, 0.3) is 0 Å². The Kier molecular flexibility index (Phi) is 5.78. The lowest BCUT2D eigenvalue weighted by Gasteiger charge is -2.17. The van der Waals surface area contributed by atoms with E-state index in [0.29, 0.717) is 13.2 Å². The molecule has 0 amide bonds. The molecule has 0 fully saturated rings. The predicted molar refractivity (Wildman–Crippen MR) is 87.3 cm³/mol. The number of benzene rings is 2. The highest BCUT2D eigenvalue weighted by molar-refractivity contribution is 5.28. The molecule has 21 heavy (non-hydrogen) atoms. The third-order valence-corrected chi connectivity index (χ3v) is 3.45. The van der Waals surface area contributed by atoms with Crippen LogP contribution in [0.4, 0.5) is 0 Å². The number of ether oxygens (including phenoxy) is 1. The fourth-order valence-corrected chi connectivity index (χ4v) is 2.17. The second-order valence-corrected chi connectivity index (χ2v) is 5.42. The number of rotatable bonds is 7. The standard InChI is InChI=1S/C18H24N2O/c1-15-6-8-16(9-7-15)14-20(2)10-11-21-18-5-3-4-17(12-18)13-19/h3-9,12H,10-11,13-14,19H2,1-2H3. The first-order valence-electron chi connectivity index (χ1n) is 7.33. The number of likely N-dealkylation sites (N-methyl/N-ethyl adjacent to an activating group) is 1. The van der Waals surface area contributed by atoms with Gasteiger partial charge in [0.1, 0.15) is 12.4 Å². The summed E-state index contributed by atoms with van der Waals surface area (Å²) < 4.78 is 5.78. The van der Waals surface area contributed by atoms with Gasteiger partial charge < -0.3 is 10.5 Å². The van der Waals surface area contributed by atoms with Crippen LogP contribution in [0.1, 0.15) is 16.7 Å². The van der Waals surface area contributed by atoms with Crippen LogP contribution in [0, 0.1) is 6.92 Å². The Bertz CT molecular complexity index is 551. The van der Waals surface area contributed by atoms with Crippen molar-refractivity contribution in [3.8, 4) is 5.75 Å². The molecule has 0 saturated heterocycles. The van der Waals surface area contributed by atoms with Crippen LogP contribution >= 0.6 is 0 Å². The molecule has 0 aromatic heterocycles. The summed E-state index contributed by atoms with van der Waals surface area (Å²) in [5.74, 6) is 0.890. The average molecular weight is 284 g/mol. The summed E-state index contributed by atoms with van der Waals surface area (Å²) in [6.45, 7) is 5.16. The summed E-state index contributed by atoms with van der Waals surface area (Å²) in [6.07, 6.45) is 0. The number of hydrogen-bond acceptors (Lipinski definition) is 3. The topological polar surface area (TPSA) is 38.5 Å². The molecule has 0 atom stereocenters. The van der Waals surface area contributed by atoms with Crippen LogP contribution < -0.4 is 10.5 Å². The Hall–Kier alpha value is -1.84. The van der Waals surface area contributed by atoms with E-state index in [9.17, 15) is 0 Å². The van der Waals surface area contributed by atoms with Crippen molar-refractivity contribution >= 4 is 0 Å². The van der Waals surface area contributed by atoms with E-state index in [1.165, 1.54) is 11.1 Å². The van der Waals surface area contributed by atoms with Gasteiger partial charge in [-0.3, -0.25) is 4.90 Å². The first-order chi connectivity index (χ1) is 10.2. The lowest BCUT2D eigenvalue weighted by Crippen LogP contribution is -2.23. The first-order valence-corrected chi connectivity index (χ1v) is 7.33. The molecule has 3 heteroatoms. The largest absolute Gasteiger partial charge is 0.492 e. The summed E-state index contributed by atoms with van der Waals surface area (Å²) in [5.41, 5.74) is 9.35. The highest BCUT2D eigenvalue weighted by atomic mass is 16.5. The van der Waals surface area contributed by atoms with Crippen LogP contribution in [-0.4, -0.2) is 25.1 Å². The second-order valence-electron chi connectivity index (χ2n) is 5.42. The Morgan fingerprint density at radius 3 is 2.52 bits per heavy atom. The molecule has 0 saturated carbocycles. The van der Waals surface area contributed by atoms with E-state index in [2.05, 4.69) is 43.1 Å². The zero-order valence-corrected chi connectivity index (χ0v) is 12.9. The summed E-state index contributed by atoms with van der Waals surface area (Å²) in [6, 6.07) is 16.6. The summed E-state index contributed by atoms with van der Waals surface area (Å²) in [7, 11) is 2.11. The fourth-order valence-electron chi connectivity index (χ4n) is 2.17. The Balaban J connectivity index is 1.76. The zero-order valence-electron chi connectivity index (χ0n) is 12.9. The van der Waals surface area contributed by atoms with Crippen molar-refractivity contribution in [2.75, 3.05) is 20.2 Å². The van der Waals surface area contributed by atoms with Gasteiger partial charge >= 0.3 is 0 Å². The van der Waals surface area contributed by atoms with Crippen molar-refractivity contribution in [3.63, 3.8) is 0 Å². The third kappa shape index (κ3) is 5.21. The van der Waals surface area contributed by atoms with E-state index < -0.39 is 0 Å². The van der Waals surface area contributed by atoms with Gasteiger partial charge in [-0.2, -0.15) is 0 Å². The molecule has 0 radical (unpaired) electrons. The van der Waals surface area contributed by atoms with Crippen LogP contribution in [-0.2, 0) is 13.1 Å². The summed E-state index contributed by atoms with van der Waals surface area (Å²) in [4.78, 5) is 2.26. The molecule has 0 spiro atoms.